The van der Waals surface area contributed by atoms with Gasteiger partial charge in [0.15, 0.2) is 0 Å². The Morgan fingerprint density at radius 1 is 1.39 bits per heavy atom. The number of rotatable bonds is 5. The van der Waals surface area contributed by atoms with Crippen LogP contribution in [0.2, 0.25) is 0 Å². The molecule has 0 radical (unpaired) electrons. The van der Waals surface area contributed by atoms with Crippen LogP contribution < -0.4 is 11.3 Å². The molecule has 0 aromatic heterocycles. The Bertz CT molecular complexity index is 393. The summed E-state index contributed by atoms with van der Waals surface area (Å²) in [6.07, 6.45) is -4.47. The number of hydrazine groups is 1. The number of nitrogens with two attached hydrogens (primary N) is 1. The monoisotopic (exact) mass is 324 g/mol. The van der Waals surface area contributed by atoms with E-state index in [-0.39, 0.29) is 12.5 Å². The molecule has 3 N–H and O–H groups in total. The van der Waals surface area contributed by atoms with E-state index in [1.807, 2.05) is 25.1 Å². The molecule has 0 saturated heterocycles. The molecule has 0 bridgehead atoms. The second-order valence-electron chi connectivity index (χ2n) is 4.18. The minimum Gasteiger partial charge on any atom is -0.271 e. The molecule has 0 fully saturated rings. The minimum atomic E-state index is -4.11. The third-order valence-corrected chi connectivity index (χ3v) is 3.70. The van der Waals surface area contributed by atoms with E-state index in [1.54, 1.807) is 0 Å². The van der Waals surface area contributed by atoms with Crippen LogP contribution in [0.25, 0.3) is 0 Å². The molecule has 1 aromatic rings. The zero-order valence-corrected chi connectivity index (χ0v) is 11.6. The van der Waals surface area contributed by atoms with Gasteiger partial charge in [0.2, 0.25) is 0 Å². The molecule has 0 aliphatic rings. The Morgan fingerprint density at radius 3 is 2.61 bits per heavy atom. The summed E-state index contributed by atoms with van der Waals surface area (Å²) in [5.41, 5.74) is 4.50. The molecule has 0 amide bonds. The topological polar surface area (TPSA) is 38.0 Å². The van der Waals surface area contributed by atoms with Crippen molar-refractivity contribution in [3.63, 3.8) is 0 Å². The summed E-state index contributed by atoms with van der Waals surface area (Å²) < 4.78 is 37.2. The first-order valence-electron chi connectivity index (χ1n) is 5.63. The average molecular weight is 325 g/mol. The first-order valence-corrected chi connectivity index (χ1v) is 6.42. The highest BCUT2D eigenvalue weighted by Crippen LogP contribution is 2.29. The van der Waals surface area contributed by atoms with E-state index in [9.17, 15) is 13.2 Å². The Morgan fingerprint density at radius 2 is 2.06 bits per heavy atom. The van der Waals surface area contributed by atoms with Crippen LogP contribution in [-0.4, -0.2) is 6.18 Å². The van der Waals surface area contributed by atoms with Gasteiger partial charge in [0, 0.05) is 16.9 Å². The van der Waals surface area contributed by atoms with Gasteiger partial charge in [-0.1, -0.05) is 28.1 Å². The number of benzene rings is 1. The normalized spacial score (nSPS) is 13.7. The van der Waals surface area contributed by atoms with Gasteiger partial charge in [-0.3, -0.25) is 11.3 Å². The standard InChI is InChI=1S/C12H16BrF3N2/c1-8-9(4-2-5-10(8)13)11(18-17)6-3-7-12(14,15)16/h2,4-5,11,18H,3,6-7,17H2,1H3. The van der Waals surface area contributed by atoms with E-state index >= 15 is 0 Å². The van der Waals surface area contributed by atoms with Crippen molar-refractivity contribution >= 4 is 15.9 Å². The molecule has 1 unspecified atom stereocenters. The summed E-state index contributed by atoms with van der Waals surface area (Å²) >= 11 is 3.39. The molecule has 1 rings (SSSR count). The van der Waals surface area contributed by atoms with E-state index in [2.05, 4.69) is 21.4 Å². The van der Waals surface area contributed by atoms with Crippen molar-refractivity contribution in [2.75, 3.05) is 0 Å². The molecule has 2 nitrogen and oxygen atoms in total. The van der Waals surface area contributed by atoms with Crippen LogP contribution in [-0.2, 0) is 0 Å². The van der Waals surface area contributed by atoms with Gasteiger partial charge in [0.25, 0.3) is 0 Å². The Balaban J connectivity index is 2.69. The zero-order chi connectivity index (χ0) is 13.8. The third-order valence-electron chi connectivity index (χ3n) is 2.84. The highest BCUT2D eigenvalue weighted by Gasteiger charge is 2.27. The molecular formula is C12H16BrF3N2. The smallest absolute Gasteiger partial charge is 0.271 e. The summed E-state index contributed by atoms with van der Waals surface area (Å²) in [7, 11) is 0. The lowest BCUT2D eigenvalue weighted by molar-refractivity contribution is -0.135. The van der Waals surface area contributed by atoms with Crippen molar-refractivity contribution in [2.45, 2.75) is 38.4 Å². The van der Waals surface area contributed by atoms with Gasteiger partial charge in [-0.25, -0.2) is 0 Å². The Hall–Kier alpha value is -0.590. The lowest BCUT2D eigenvalue weighted by Gasteiger charge is -2.19. The van der Waals surface area contributed by atoms with Crippen molar-refractivity contribution in [1.82, 2.24) is 5.43 Å². The summed E-state index contributed by atoms with van der Waals surface area (Å²) in [6, 6.07) is 5.35. The summed E-state index contributed by atoms with van der Waals surface area (Å²) in [6.45, 7) is 1.91. The fraction of sp³-hybridized carbons (Fsp3) is 0.500. The highest BCUT2D eigenvalue weighted by molar-refractivity contribution is 9.10. The highest BCUT2D eigenvalue weighted by atomic mass is 79.9. The molecule has 6 heteroatoms. The third kappa shape index (κ3) is 4.59. The van der Waals surface area contributed by atoms with Crippen LogP contribution in [0.15, 0.2) is 22.7 Å². The second-order valence-corrected chi connectivity index (χ2v) is 5.04. The lowest BCUT2D eigenvalue weighted by Crippen LogP contribution is -2.29. The molecule has 0 heterocycles. The largest absolute Gasteiger partial charge is 0.389 e. The van der Waals surface area contributed by atoms with Gasteiger partial charge in [0.1, 0.15) is 0 Å². The number of hydrogen-bond acceptors (Lipinski definition) is 2. The molecule has 0 aliphatic carbocycles. The quantitative estimate of drug-likeness (QED) is 0.634. The van der Waals surface area contributed by atoms with Gasteiger partial charge in [0.05, 0.1) is 0 Å². The number of halogens is 4. The van der Waals surface area contributed by atoms with Crippen LogP contribution in [0.5, 0.6) is 0 Å². The number of hydrogen-bond donors (Lipinski definition) is 2. The minimum absolute atomic E-state index is 0.0598. The summed E-state index contributed by atoms with van der Waals surface area (Å²) in [4.78, 5) is 0. The summed E-state index contributed by atoms with van der Waals surface area (Å²) in [5, 5.41) is 0. The van der Waals surface area contributed by atoms with E-state index < -0.39 is 12.6 Å². The van der Waals surface area contributed by atoms with Crippen molar-refractivity contribution in [1.29, 1.82) is 0 Å². The van der Waals surface area contributed by atoms with Crippen molar-refractivity contribution in [3.8, 4) is 0 Å². The maximum Gasteiger partial charge on any atom is 0.389 e. The van der Waals surface area contributed by atoms with Crippen LogP contribution in [0, 0.1) is 6.92 Å². The van der Waals surface area contributed by atoms with Gasteiger partial charge in [-0.2, -0.15) is 13.2 Å². The van der Waals surface area contributed by atoms with Gasteiger partial charge in [-0.15, -0.1) is 0 Å². The van der Waals surface area contributed by atoms with Crippen LogP contribution in [0.3, 0.4) is 0 Å². The predicted molar refractivity (Wildman–Crippen MR) is 68.8 cm³/mol. The fourth-order valence-corrected chi connectivity index (χ4v) is 2.22. The lowest BCUT2D eigenvalue weighted by atomic mass is 9.97. The van der Waals surface area contributed by atoms with E-state index in [4.69, 9.17) is 5.84 Å². The Kier molecular flexibility index (Phi) is 5.62. The van der Waals surface area contributed by atoms with E-state index in [0.29, 0.717) is 6.42 Å². The van der Waals surface area contributed by atoms with Crippen LogP contribution in [0.1, 0.15) is 36.4 Å². The van der Waals surface area contributed by atoms with Gasteiger partial charge >= 0.3 is 6.18 Å². The van der Waals surface area contributed by atoms with Gasteiger partial charge in [-0.05, 0) is 37.0 Å². The van der Waals surface area contributed by atoms with E-state index in [0.717, 1.165) is 15.6 Å². The molecule has 0 spiro atoms. The first-order chi connectivity index (χ1) is 8.35. The van der Waals surface area contributed by atoms with Gasteiger partial charge < -0.3 is 0 Å². The first kappa shape index (κ1) is 15.5. The molecule has 0 saturated carbocycles. The molecule has 102 valence electrons. The van der Waals surface area contributed by atoms with Crippen molar-refractivity contribution < 1.29 is 13.2 Å². The average Bonchev–Trinajstić information content (AvgIpc) is 2.27. The molecule has 0 aliphatic heterocycles. The molecule has 1 aromatic carbocycles. The zero-order valence-electron chi connectivity index (χ0n) is 10.0. The van der Waals surface area contributed by atoms with Crippen molar-refractivity contribution in [3.05, 3.63) is 33.8 Å². The predicted octanol–water partition coefficient (Wildman–Crippen LogP) is 3.99. The number of nitrogens with one attached hydrogen (secondary N) is 1. The molecule has 1 atom stereocenters. The Labute approximate surface area is 113 Å². The molecule has 18 heavy (non-hydrogen) atoms. The molecular weight excluding hydrogens is 309 g/mol. The van der Waals surface area contributed by atoms with Crippen molar-refractivity contribution in [2.24, 2.45) is 5.84 Å². The second kappa shape index (κ2) is 6.54. The van der Waals surface area contributed by atoms with Crippen LogP contribution in [0.4, 0.5) is 13.2 Å². The maximum atomic E-state index is 12.1. The number of alkyl halides is 3. The maximum absolute atomic E-state index is 12.1. The fourth-order valence-electron chi connectivity index (χ4n) is 1.84. The van der Waals surface area contributed by atoms with E-state index in [1.165, 1.54) is 0 Å². The summed E-state index contributed by atoms with van der Waals surface area (Å²) in [5.74, 6) is 5.43. The SMILES string of the molecule is Cc1c(Br)cccc1C(CCCC(F)(F)F)NN. The van der Waals surface area contributed by atoms with Crippen LogP contribution >= 0.6 is 15.9 Å².